The van der Waals surface area contributed by atoms with Crippen molar-refractivity contribution >= 4 is 27.5 Å². The van der Waals surface area contributed by atoms with E-state index in [1.54, 1.807) is 16.2 Å². The average Bonchev–Trinajstić information content (AvgIpc) is 2.71. The first-order chi connectivity index (χ1) is 10.2. The Morgan fingerprint density at radius 2 is 2.24 bits per heavy atom. The first-order valence-corrected chi connectivity index (χ1v) is 8.38. The quantitative estimate of drug-likeness (QED) is 0.948. The maximum atomic E-state index is 12.5. The zero-order valence-electron chi connectivity index (χ0n) is 12.3. The van der Waals surface area contributed by atoms with E-state index in [0.29, 0.717) is 6.54 Å². The SMILES string of the molecule is CN(Cc1nc2ccccc2s1)C(=O)C1CCCCCN1. The Hall–Kier alpha value is -1.46. The number of nitrogens with one attached hydrogen (secondary N) is 1. The zero-order chi connectivity index (χ0) is 14.7. The van der Waals surface area contributed by atoms with Gasteiger partial charge in [-0.3, -0.25) is 4.79 Å². The van der Waals surface area contributed by atoms with Crippen LogP contribution in [-0.4, -0.2) is 35.4 Å². The molecule has 1 amide bonds. The van der Waals surface area contributed by atoms with E-state index < -0.39 is 0 Å². The van der Waals surface area contributed by atoms with Gasteiger partial charge >= 0.3 is 0 Å². The first kappa shape index (κ1) is 14.5. The molecule has 2 heterocycles. The van der Waals surface area contributed by atoms with Crippen LogP contribution in [0.15, 0.2) is 24.3 Å². The number of hydrogen-bond acceptors (Lipinski definition) is 4. The molecule has 0 spiro atoms. The fraction of sp³-hybridized carbons (Fsp3) is 0.500. The third-order valence-electron chi connectivity index (χ3n) is 3.95. The number of hydrogen-bond donors (Lipinski definition) is 1. The molecule has 1 N–H and O–H groups in total. The smallest absolute Gasteiger partial charge is 0.239 e. The minimum Gasteiger partial charge on any atom is -0.338 e. The van der Waals surface area contributed by atoms with Gasteiger partial charge in [-0.25, -0.2) is 4.98 Å². The Labute approximate surface area is 129 Å². The highest BCUT2D eigenvalue weighted by atomic mass is 32.1. The van der Waals surface area contributed by atoms with E-state index in [2.05, 4.69) is 16.4 Å². The van der Waals surface area contributed by atoms with Crippen LogP contribution in [0.25, 0.3) is 10.2 Å². The lowest BCUT2D eigenvalue weighted by Gasteiger charge is -2.22. The van der Waals surface area contributed by atoms with Crippen LogP contribution in [0.5, 0.6) is 0 Å². The van der Waals surface area contributed by atoms with Crippen molar-refractivity contribution in [2.75, 3.05) is 13.6 Å². The number of benzene rings is 1. The highest BCUT2D eigenvalue weighted by Gasteiger charge is 2.23. The molecule has 0 aliphatic carbocycles. The van der Waals surface area contributed by atoms with E-state index in [9.17, 15) is 4.79 Å². The molecule has 1 fully saturated rings. The fourth-order valence-corrected chi connectivity index (χ4v) is 3.79. The Morgan fingerprint density at radius 3 is 3.10 bits per heavy atom. The van der Waals surface area contributed by atoms with Gasteiger partial charge in [-0.05, 0) is 31.5 Å². The normalized spacial score (nSPS) is 19.4. The summed E-state index contributed by atoms with van der Waals surface area (Å²) >= 11 is 1.67. The predicted molar refractivity (Wildman–Crippen MR) is 86.4 cm³/mol. The molecule has 1 aromatic carbocycles. The summed E-state index contributed by atoms with van der Waals surface area (Å²) < 4.78 is 1.18. The second-order valence-corrected chi connectivity index (χ2v) is 6.74. The molecular weight excluding hydrogens is 282 g/mol. The summed E-state index contributed by atoms with van der Waals surface area (Å²) in [6.07, 6.45) is 4.48. The number of carbonyl (C=O) groups is 1. The van der Waals surface area contributed by atoms with Crippen molar-refractivity contribution in [2.45, 2.75) is 38.3 Å². The van der Waals surface area contributed by atoms with Crippen LogP contribution in [0, 0.1) is 0 Å². The summed E-state index contributed by atoms with van der Waals surface area (Å²) in [4.78, 5) is 18.9. The molecule has 0 bridgehead atoms. The Balaban J connectivity index is 1.67. The molecule has 112 valence electrons. The van der Waals surface area contributed by atoms with E-state index in [0.717, 1.165) is 29.9 Å². The van der Waals surface area contributed by atoms with Gasteiger partial charge in [0.1, 0.15) is 5.01 Å². The average molecular weight is 303 g/mol. The minimum atomic E-state index is -0.0214. The molecule has 1 unspecified atom stereocenters. The van der Waals surface area contributed by atoms with Crippen molar-refractivity contribution in [3.05, 3.63) is 29.3 Å². The molecular formula is C16H21N3OS. The molecule has 1 aliphatic heterocycles. The van der Waals surface area contributed by atoms with E-state index >= 15 is 0 Å². The monoisotopic (exact) mass is 303 g/mol. The number of amides is 1. The highest BCUT2D eigenvalue weighted by molar-refractivity contribution is 7.18. The predicted octanol–water partition coefficient (Wildman–Crippen LogP) is 2.79. The lowest BCUT2D eigenvalue weighted by molar-refractivity contribution is -0.132. The summed E-state index contributed by atoms with van der Waals surface area (Å²) in [7, 11) is 1.88. The van der Waals surface area contributed by atoms with Crippen molar-refractivity contribution < 1.29 is 4.79 Å². The largest absolute Gasteiger partial charge is 0.338 e. The van der Waals surface area contributed by atoms with Crippen LogP contribution in [-0.2, 0) is 11.3 Å². The summed E-state index contributed by atoms with van der Waals surface area (Å²) in [5.41, 5.74) is 1.02. The standard InChI is InChI=1S/C16H21N3OS/c1-19(16(20)13-8-3-2-6-10-17-13)11-15-18-12-7-4-5-9-14(12)21-15/h4-5,7,9,13,17H,2-3,6,8,10-11H2,1H3. The van der Waals surface area contributed by atoms with Crippen molar-refractivity contribution in [2.24, 2.45) is 0 Å². The number of aromatic nitrogens is 1. The third kappa shape index (κ3) is 3.41. The van der Waals surface area contributed by atoms with Crippen molar-refractivity contribution in [3.8, 4) is 0 Å². The number of rotatable bonds is 3. The van der Waals surface area contributed by atoms with E-state index in [1.807, 2.05) is 25.2 Å². The number of carbonyl (C=O) groups excluding carboxylic acids is 1. The number of thiazole rings is 1. The maximum Gasteiger partial charge on any atom is 0.239 e. The van der Waals surface area contributed by atoms with Crippen LogP contribution in [0.3, 0.4) is 0 Å². The maximum absolute atomic E-state index is 12.5. The fourth-order valence-electron chi connectivity index (χ4n) is 2.77. The van der Waals surface area contributed by atoms with E-state index in [4.69, 9.17) is 0 Å². The topological polar surface area (TPSA) is 45.2 Å². The molecule has 1 atom stereocenters. The van der Waals surface area contributed by atoms with Crippen molar-refractivity contribution in [1.82, 2.24) is 15.2 Å². The van der Waals surface area contributed by atoms with Crippen LogP contribution in [0.1, 0.15) is 30.7 Å². The zero-order valence-corrected chi connectivity index (χ0v) is 13.2. The molecule has 1 aromatic heterocycles. The summed E-state index contributed by atoms with van der Waals surface area (Å²) in [5, 5.41) is 4.37. The second kappa shape index (κ2) is 6.54. The van der Waals surface area contributed by atoms with E-state index in [-0.39, 0.29) is 11.9 Å². The number of nitrogens with zero attached hydrogens (tertiary/aromatic N) is 2. The van der Waals surface area contributed by atoms with Gasteiger partial charge in [-0.15, -0.1) is 11.3 Å². The van der Waals surface area contributed by atoms with Gasteiger partial charge in [-0.2, -0.15) is 0 Å². The van der Waals surface area contributed by atoms with Crippen molar-refractivity contribution in [3.63, 3.8) is 0 Å². The molecule has 1 saturated heterocycles. The lowest BCUT2D eigenvalue weighted by atomic mass is 10.1. The van der Waals surface area contributed by atoms with Gasteiger partial charge in [0.2, 0.25) is 5.91 Å². The van der Waals surface area contributed by atoms with Gasteiger partial charge in [0.15, 0.2) is 0 Å². The number of para-hydroxylation sites is 1. The Bertz CT molecular complexity index is 584. The molecule has 2 aromatic rings. The number of likely N-dealkylation sites (N-methyl/N-ethyl adjacent to an activating group) is 1. The van der Waals surface area contributed by atoms with Gasteiger partial charge in [0.25, 0.3) is 0 Å². The molecule has 0 saturated carbocycles. The van der Waals surface area contributed by atoms with Crippen LogP contribution >= 0.6 is 11.3 Å². The Kier molecular flexibility index (Phi) is 4.51. The van der Waals surface area contributed by atoms with Crippen LogP contribution < -0.4 is 5.32 Å². The molecule has 5 heteroatoms. The van der Waals surface area contributed by atoms with Gasteiger partial charge in [0.05, 0.1) is 22.8 Å². The summed E-state index contributed by atoms with van der Waals surface area (Å²) in [6, 6.07) is 8.09. The summed E-state index contributed by atoms with van der Waals surface area (Å²) in [5.74, 6) is 0.191. The molecule has 4 nitrogen and oxygen atoms in total. The van der Waals surface area contributed by atoms with Crippen LogP contribution in [0.2, 0.25) is 0 Å². The second-order valence-electron chi connectivity index (χ2n) is 5.63. The van der Waals surface area contributed by atoms with Crippen LogP contribution in [0.4, 0.5) is 0 Å². The Morgan fingerprint density at radius 1 is 1.38 bits per heavy atom. The van der Waals surface area contributed by atoms with Gasteiger partial charge in [0, 0.05) is 7.05 Å². The minimum absolute atomic E-state index is 0.0214. The third-order valence-corrected chi connectivity index (χ3v) is 4.97. The summed E-state index contributed by atoms with van der Waals surface area (Å²) in [6.45, 7) is 1.54. The first-order valence-electron chi connectivity index (χ1n) is 7.57. The lowest BCUT2D eigenvalue weighted by Crippen LogP contribution is -2.44. The molecule has 3 rings (SSSR count). The highest BCUT2D eigenvalue weighted by Crippen LogP contribution is 2.22. The van der Waals surface area contributed by atoms with E-state index in [1.165, 1.54) is 17.5 Å². The van der Waals surface area contributed by atoms with Gasteiger partial charge in [-0.1, -0.05) is 25.0 Å². The number of fused-ring (bicyclic) bond motifs is 1. The molecule has 0 radical (unpaired) electrons. The molecule has 1 aliphatic rings. The van der Waals surface area contributed by atoms with Gasteiger partial charge < -0.3 is 10.2 Å². The molecule has 21 heavy (non-hydrogen) atoms. The van der Waals surface area contributed by atoms with Crippen molar-refractivity contribution in [1.29, 1.82) is 0 Å².